The SMILES string of the molecule is COc1ccc(OC)c(C(C)NC(=O)c2sc(S(N)(=O)=O)cc2C)c1. The maximum absolute atomic E-state index is 12.5. The Bertz CT molecular complexity index is 890. The number of nitrogens with two attached hydrogens (primary N) is 1. The number of ether oxygens (including phenoxy) is 2. The average Bonchev–Trinajstić information content (AvgIpc) is 2.96. The monoisotopic (exact) mass is 384 g/mol. The van der Waals surface area contributed by atoms with Crippen molar-refractivity contribution in [2.24, 2.45) is 5.14 Å². The highest BCUT2D eigenvalue weighted by molar-refractivity contribution is 7.91. The minimum Gasteiger partial charge on any atom is -0.497 e. The Morgan fingerprint density at radius 2 is 1.92 bits per heavy atom. The van der Waals surface area contributed by atoms with Crippen LogP contribution in [0.2, 0.25) is 0 Å². The predicted molar refractivity (Wildman–Crippen MR) is 95.9 cm³/mol. The summed E-state index contributed by atoms with van der Waals surface area (Å²) >= 11 is 0.848. The van der Waals surface area contributed by atoms with Crippen molar-refractivity contribution in [2.45, 2.75) is 24.1 Å². The molecular formula is C16H20N2O5S2. The lowest BCUT2D eigenvalue weighted by atomic mass is 10.1. The Labute approximate surface area is 150 Å². The second kappa shape index (κ2) is 7.42. The van der Waals surface area contributed by atoms with E-state index in [-0.39, 0.29) is 16.2 Å². The summed E-state index contributed by atoms with van der Waals surface area (Å²) in [4.78, 5) is 12.8. The van der Waals surface area contributed by atoms with Crippen LogP contribution in [0.3, 0.4) is 0 Å². The fraction of sp³-hybridized carbons (Fsp3) is 0.312. The first kappa shape index (κ1) is 19.2. The molecule has 0 fully saturated rings. The molecule has 25 heavy (non-hydrogen) atoms. The molecule has 0 aliphatic carbocycles. The number of carbonyl (C=O) groups excluding carboxylic acids is 1. The molecule has 2 rings (SSSR count). The average molecular weight is 384 g/mol. The van der Waals surface area contributed by atoms with Gasteiger partial charge in [0, 0.05) is 5.56 Å². The van der Waals surface area contributed by atoms with E-state index < -0.39 is 10.0 Å². The van der Waals surface area contributed by atoms with Gasteiger partial charge in [0.15, 0.2) is 0 Å². The molecule has 1 aromatic carbocycles. The zero-order valence-corrected chi connectivity index (χ0v) is 16.0. The van der Waals surface area contributed by atoms with Crippen molar-refractivity contribution in [3.8, 4) is 11.5 Å². The molecular weight excluding hydrogens is 364 g/mol. The van der Waals surface area contributed by atoms with Crippen molar-refractivity contribution in [3.63, 3.8) is 0 Å². The first-order chi connectivity index (χ1) is 11.7. The standard InChI is InChI=1S/C16H20N2O5S2/c1-9-7-14(25(17,20)21)24-15(9)16(19)18-10(2)12-8-11(22-3)5-6-13(12)23-4/h5-8,10H,1-4H3,(H,18,19)(H2,17,20,21). The zero-order valence-electron chi connectivity index (χ0n) is 14.3. The predicted octanol–water partition coefficient (Wildman–Crippen LogP) is 2.21. The molecule has 0 aliphatic heterocycles. The number of thiophene rings is 1. The molecule has 0 saturated carbocycles. The lowest BCUT2D eigenvalue weighted by Crippen LogP contribution is -2.26. The van der Waals surface area contributed by atoms with Gasteiger partial charge in [-0.05, 0) is 43.7 Å². The molecule has 0 spiro atoms. The summed E-state index contributed by atoms with van der Waals surface area (Å²) in [6.45, 7) is 3.47. The van der Waals surface area contributed by atoms with Crippen molar-refractivity contribution < 1.29 is 22.7 Å². The summed E-state index contributed by atoms with van der Waals surface area (Å²) in [6, 6.07) is 6.31. The van der Waals surface area contributed by atoms with Crippen molar-refractivity contribution in [3.05, 3.63) is 40.3 Å². The number of benzene rings is 1. The number of aryl methyl sites for hydroxylation is 1. The van der Waals surface area contributed by atoms with Crippen molar-refractivity contribution in [1.29, 1.82) is 0 Å². The van der Waals surface area contributed by atoms with Gasteiger partial charge in [0.25, 0.3) is 5.91 Å². The molecule has 1 atom stereocenters. The van der Waals surface area contributed by atoms with Gasteiger partial charge in [0.05, 0.1) is 25.1 Å². The minimum atomic E-state index is -3.84. The molecule has 0 radical (unpaired) electrons. The second-order valence-electron chi connectivity index (χ2n) is 5.43. The van der Waals surface area contributed by atoms with Crippen LogP contribution < -0.4 is 19.9 Å². The Balaban J connectivity index is 2.28. The van der Waals surface area contributed by atoms with E-state index in [1.807, 2.05) is 0 Å². The van der Waals surface area contributed by atoms with Gasteiger partial charge in [-0.2, -0.15) is 0 Å². The van der Waals surface area contributed by atoms with Gasteiger partial charge < -0.3 is 14.8 Å². The summed E-state index contributed by atoms with van der Waals surface area (Å²) < 4.78 is 33.4. The third kappa shape index (κ3) is 4.30. The summed E-state index contributed by atoms with van der Waals surface area (Å²) in [5, 5.41) is 7.97. The van der Waals surface area contributed by atoms with Crippen LogP contribution >= 0.6 is 11.3 Å². The Morgan fingerprint density at radius 1 is 1.24 bits per heavy atom. The quantitative estimate of drug-likeness (QED) is 0.794. The van der Waals surface area contributed by atoms with E-state index in [2.05, 4.69) is 5.32 Å². The van der Waals surface area contributed by atoms with E-state index in [9.17, 15) is 13.2 Å². The van der Waals surface area contributed by atoms with Gasteiger partial charge >= 0.3 is 0 Å². The second-order valence-corrected chi connectivity index (χ2v) is 8.27. The van der Waals surface area contributed by atoms with Crippen LogP contribution in [-0.2, 0) is 10.0 Å². The highest BCUT2D eigenvalue weighted by Gasteiger charge is 2.22. The van der Waals surface area contributed by atoms with Crippen molar-refractivity contribution in [1.82, 2.24) is 5.32 Å². The highest BCUT2D eigenvalue weighted by Crippen LogP contribution is 2.30. The summed E-state index contributed by atoms with van der Waals surface area (Å²) in [6.07, 6.45) is 0. The molecule has 1 amide bonds. The van der Waals surface area contributed by atoms with E-state index in [4.69, 9.17) is 14.6 Å². The first-order valence-corrected chi connectivity index (χ1v) is 9.69. The molecule has 2 aromatic rings. The number of hydrogen-bond donors (Lipinski definition) is 2. The van der Waals surface area contributed by atoms with Crippen LogP contribution in [0.5, 0.6) is 11.5 Å². The number of primary sulfonamides is 1. The lowest BCUT2D eigenvalue weighted by Gasteiger charge is -2.18. The van der Waals surface area contributed by atoms with Gasteiger partial charge in [0.2, 0.25) is 10.0 Å². The Kier molecular flexibility index (Phi) is 5.71. The number of amides is 1. The third-order valence-electron chi connectivity index (χ3n) is 3.63. The van der Waals surface area contributed by atoms with Gasteiger partial charge in [0.1, 0.15) is 15.7 Å². The summed E-state index contributed by atoms with van der Waals surface area (Å²) in [7, 11) is -0.739. The van der Waals surface area contributed by atoms with E-state index in [0.29, 0.717) is 21.9 Å². The zero-order chi connectivity index (χ0) is 18.8. The van der Waals surface area contributed by atoms with E-state index in [0.717, 1.165) is 16.9 Å². The third-order valence-corrected chi connectivity index (χ3v) is 6.29. The molecule has 9 heteroatoms. The molecule has 3 N–H and O–H groups in total. The van der Waals surface area contributed by atoms with E-state index >= 15 is 0 Å². The number of sulfonamides is 1. The normalized spacial score (nSPS) is 12.5. The lowest BCUT2D eigenvalue weighted by molar-refractivity contribution is 0.0943. The maximum atomic E-state index is 12.5. The van der Waals surface area contributed by atoms with Crippen LogP contribution in [-0.4, -0.2) is 28.5 Å². The van der Waals surface area contributed by atoms with Gasteiger partial charge in [-0.25, -0.2) is 13.6 Å². The van der Waals surface area contributed by atoms with E-state index in [1.54, 1.807) is 46.3 Å². The summed E-state index contributed by atoms with van der Waals surface area (Å²) in [5.74, 6) is 0.872. The van der Waals surface area contributed by atoms with Crippen molar-refractivity contribution >= 4 is 27.3 Å². The molecule has 1 aromatic heterocycles. The van der Waals surface area contributed by atoms with Crippen LogP contribution in [0.1, 0.15) is 33.8 Å². The molecule has 1 heterocycles. The number of hydrogen-bond acceptors (Lipinski definition) is 6. The molecule has 1 unspecified atom stereocenters. The molecule has 0 aliphatic rings. The fourth-order valence-corrected chi connectivity index (χ4v) is 4.20. The van der Waals surface area contributed by atoms with Crippen LogP contribution in [0.15, 0.2) is 28.5 Å². The van der Waals surface area contributed by atoms with Crippen LogP contribution in [0.25, 0.3) is 0 Å². The van der Waals surface area contributed by atoms with Crippen LogP contribution in [0, 0.1) is 6.92 Å². The number of nitrogens with one attached hydrogen (secondary N) is 1. The number of rotatable bonds is 6. The topological polar surface area (TPSA) is 108 Å². The summed E-state index contributed by atoms with van der Waals surface area (Å²) in [5.41, 5.74) is 1.30. The fourth-order valence-electron chi connectivity index (χ4n) is 2.34. The molecule has 0 bridgehead atoms. The molecule has 7 nitrogen and oxygen atoms in total. The van der Waals surface area contributed by atoms with E-state index in [1.165, 1.54) is 6.07 Å². The Morgan fingerprint density at radius 3 is 2.44 bits per heavy atom. The van der Waals surface area contributed by atoms with Gasteiger partial charge in [-0.1, -0.05) is 0 Å². The molecule has 0 saturated heterocycles. The van der Waals surface area contributed by atoms with Crippen molar-refractivity contribution in [2.75, 3.05) is 14.2 Å². The molecule has 136 valence electrons. The highest BCUT2D eigenvalue weighted by atomic mass is 32.2. The first-order valence-electron chi connectivity index (χ1n) is 7.33. The number of carbonyl (C=O) groups is 1. The van der Waals surface area contributed by atoms with Gasteiger partial charge in [-0.15, -0.1) is 11.3 Å². The van der Waals surface area contributed by atoms with Crippen LogP contribution in [0.4, 0.5) is 0 Å². The Hall–Kier alpha value is -2.10. The number of methoxy groups -OCH3 is 2. The van der Waals surface area contributed by atoms with Gasteiger partial charge in [-0.3, -0.25) is 4.79 Å². The maximum Gasteiger partial charge on any atom is 0.262 e. The minimum absolute atomic E-state index is 0.0400. The smallest absolute Gasteiger partial charge is 0.262 e. The largest absolute Gasteiger partial charge is 0.497 e.